The molecule has 1 aromatic heterocycles. The van der Waals surface area contributed by atoms with Crippen molar-refractivity contribution in [3.05, 3.63) is 11.9 Å². The third kappa shape index (κ3) is 5.82. The molecule has 1 rings (SSSR count). The van der Waals surface area contributed by atoms with Crippen molar-refractivity contribution in [1.29, 1.82) is 0 Å². The van der Waals surface area contributed by atoms with Gasteiger partial charge in [0.05, 0.1) is 0 Å². The minimum absolute atomic E-state index is 0.274. The summed E-state index contributed by atoms with van der Waals surface area (Å²) in [4.78, 5) is 10.8. The molecule has 1 heterocycles. The molecule has 1 aromatic rings. The summed E-state index contributed by atoms with van der Waals surface area (Å²) in [6, 6.07) is 2.05. The van der Waals surface area contributed by atoms with Crippen molar-refractivity contribution < 1.29 is 4.74 Å². The summed E-state index contributed by atoms with van der Waals surface area (Å²) in [5.41, 5.74) is 2.54. The first kappa shape index (κ1) is 15.6. The van der Waals surface area contributed by atoms with Crippen molar-refractivity contribution in [3.8, 4) is 0 Å². The lowest BCUT2D eigenvalue weighted by Crippen LogP contribution is -2.30. The maximum absolute atomic E-state index is 5.41. The van der Waals surface area contributed by atoms with Crippen LogP contribution in [0, 0.1) is 0 Å². The molecule has 19 heavy (non-hydrogen) atoms. The summed E-state index contributed by atoms with van der Waals surface area (Å²) < 4.78 is 5.31. The summed E-state index contributed by atoms with van der Waals surface area (Å²) in [5, 5.41) is 3.32. The topological polar surface area (TPSA) is 88.3 Å². The van der Waals surface area contributed by atoms with Crippen molar-refractivity contribution in [2.24, 2.45) is 5.84 Å². The van der Waals surface area contributed by atoms with Crippen LogP contribution < -0.4 is 16.6 Å². The van der Waals surface area contributed by atoms with E-state index >= 15 is 0 Å². The predicted molar refractivity (Wildman–Crippen MR) is 76.8 cm³/mol. The predicted octanol–water partition coefficient (Wildman–Crippen LogP) is 0.661. The van der Waals surface area contributed by atoms with Gasteiger partial charge in [-0.05, 0) is 27.9 Å². The Morgan fingerprint density at radius 3 is 2.63 bits per heavy atom. The lowest BCUT2D eigenvalue weighted by atomic mass is 10.3. The fourth-order valence-corrected chi connectivity index (χ4v) is 1.75. The number of anilines is 2. The van der Waals surface area contributed by atoms with E-state index < -0.39 is 0 Å². The first-order chi connectivity index (χ1) is 9.05. The Hall–Kier alpha value is -1.44. The van der Waals surface area contributed by atoms with Crippen molar-refractivity contribution in [3.63, 3.8) is 0 Å². The minimum atomic E-state index is 0.274. The molecule has 0 amide bonds. The Bertz CT molecular complexity index is 384. The molecule has 108 valence electrons. The quantitative estimate of drug-likeness (QED) is 0.471. The van der Waals surface area contributed by atoms with Crippen LogP contribution in [-0.4, -0.2) is 48.2 Å². The second-order valence-corrected chi connectivity index (χ2v) is 4.64. The highest BCUT2D eigenvalue weighted by molar-refractivity contribution is 5.47. The van der Waals surface area contributed by atoms with E-state index in [1.807, 2.05) is 21.0 Å². The van der Waals surface area contributed by atoms with Gasteiger partial charge in [0.1, 0.15) is 18.2 Å². The second kappa shape index (κ2) is 7.88. The molecule has 0 aromatic carbocycles. The SMILES string of the molecule is CCOCc1nc(NN)cc(NC(C)CN(C)C)n1. The molecular weight excluding hydrogens is 244 g/mol. The molecule has 0 bridgehead atoms. The van der Waals surface area contributed by atoms with Crippen molar-refractivity contribution in [1.82, 2.24) is 14.9 Å². The van der Waals surface area contributed by atoms with Gasteiger partial charge in [-0.25, -0.2) is 15.8 Å². The van der Waals surface area contributed by atoms with Crippen LogP contribution in [0.1, 0.15) is 19.7 Å². The van der Waals surface area contributed by atoms with Gasteiger partial charge in [-0.1, -0.05) is 0 Å². The Labute approximate surface area is 114 Å². The van der Waals surface area contributed by atoms with Crippen LogP contribution in [-0.2, 0) is 11.3 Å². The third-order valence-electron chi connectivity index (χ3n) is 2.39. The average molecular weight is 268 g/mol. The number of hydrogen-bond donors (Lipinski definition) is 3. The molecular formula is C12H24N6O. The first-order valence-corrected chi connectivity index (χ1v) is 6.38. The zero-order valence-corrected chi connectivity index (χ0v) is 12.1. The van der Waals surface area contributed by atoms with E-state index in [4.69, 9.17) is 10.6 Å². The molecule has 0 aliphatic heterocycles. The van der Waals surface area contributed by atoms with Gasteiger partial charge < -0.3 is 20.4 Å². The smallest absolute Gasteiger partial charge is 0.158 e. The van der Waals surface area contributed by atoms with Crippen LogP contribution in [0.15, 0.2) is 6.07 Å². The molecule has 7 heteroatoms. The summed E-state index contributed by atoms with van der Waals surface area (Å²) in [6.07, 6.45) is 0. The van der Waals surface area contributed by atoms with Gasteiger partial charge in [0.15, 0.2) is 5.82 Å². The molecule has 0 saturated carbocycles. The number of hydrazine groups is 1. The van der Waals surface area contributed by atoms with Gasteiger partial charge >= 0.3 is 0 Å². The number of nitrogens with two attached hydrogens (primary N) is 1. The highest BCUT2D eigenvalue weighted by Crippen LogP contribution is 2.12. The fourth-order valence-electron chi connectivity index (χ4n) is 1.75. The van der Waals surface area contributed by atoms with E-state index in [1.54, 1.807) is 6.07 Å². The molecule has 7 nitrogen and oxygen atoms in total. The first-order valence-electron chi connectivity index (χ1n) is 6.38. The number of aromatic nitrogens is 2. The molecule has 1 atom stereocenters. The highest BCUT2D eigenvalue weighted by atomic mass is 16.5. The number of ether oxygens (including phenoxy) is 1. The average Bonchev–Trinajstić information content (AvgIpc) is 2.34. The Morgan fingerprint density at radius 1 is 1.37 bits per heavy atom. The van der Waals surface area contributed by atoms with Crippen LogP contribution in [0.3, 0.4) is 0 Å². The molecule has 0 aliphatic carbocycles. The van der Waals surface area contributed by atoms with Crippen molar-refractivity contribution in [2.75, 3.05) is 38.0 Å². The van der Waals surface area contributed by atoms with Crippen LogP contribution in [0.5, 0.6) is 0 Å². The Morgan fingerprint density at radius 2 is 2.05 bits per heavy atom. The van der Waals surface area contributed by atoms with E-state index in [9.17, 15) is 0 Å². The normalized spacial score (nSPS) is 12.5. The van der Waals surface area contributed by atoms with Crippen LogP contribution in [0.25, 0.3) is 0 Å². The van der Waals surface area contributed by atoms with Gasteiger partial charge in [-0.15, -0.1) is 0 Å². The number of rotatable bonds is 8. The number of likely N-dealkylation sites (N-methyl/N-ethyl adjacent to an activating group) is 1. The number of nitrogen functional groups attached to an aromatic ring is 1. The zero-order valence-electron chi connectivity index (χ0n) is 12.1. The van der Waals surface area contributed by atoms with E-state index in [0.717, 1.165) is 12.4 Å². The second-order valence-electron chi connectivity index (χ2n) is 4.64. The van der Waals surface area contributed by atoms with Gasteiger partial charge in [0.2, 0.25) is 0 Å². The van der Waals surface area contributed by atoms with E-state index in [1.165, 1.54) is 0 Å². The summed E-state index contributed by atoms with van der Waals surface area (Å²) in [6.45, 7) is 5.95. The van der Waals surface area contributed by atoms with Crippen molar-refractivity contribution in [2.45, 2.75) is 26.5 Å². The molecule has 1 unspecified atom stereocenters. The van der Waals surface area contributed by atoms with Gasteiger partial charge in [0, 0.05) is 25.3 Å². The molecule has 0 spiro atoms. The number of nitrogens with one attached hydrogen (secondary N) is 2. The third-order valence-corrected chi connectivity index (χ3v) is 2.39. The Kier molecular flexibility index (Phi) is 6.48. The highest BCUT2D eigenvalue weighted by Gasteiger charge is 2.08. The van der Waals surface area contributed by atoms with Gasteiger partial charge in [-0.2, -0.15) is 0 Å². The van der Waals surface area contributed by atoms with E-state index in [0.29, 0.717) is 24.9 Å². The lowest BCUT2D eigenvalue weighted by molar-refractivity contribution is 0.128. The van der Waals surface area contributed by atoms with E-state index in [2.05, 4.69) is 32.5 Å². The lowest BCUT2D eigenvalue weighted by Gasteiger charge is -2.19. The van der Waals surface area contributed by atoms with Crippen LogP contribution in [0.4, 0.5) is 11.6 Å². The van der Waals surface area contributed by atoms with Crippen molar-refractivity contribution >= 4 is 11.6 Å². The zero-order chi connectivity index (χ0) is 14.3. The summed E-state index contributed by atoms with van der Waals surface area (Å²) >= 11 is 0. The molecule has 4 N–H and O–H groups in total. The molecule has 0 fully saturated rings. The fraction of sp³-hybridized carbons (Fsp3) is 0.667. The van der Waals surface area contributed by atoms with Gasteiger partial charge in [-0.3, -0.25) is 0 Å². The summed E-state index contributed by atoms with van der Waals surface area (Å²) in [7, 11) is 4.07. The molecule has 0 saturated heterocycles. The standard InChI is InChI=1S/C12H24N6O/c1-5-19-8-12-15-10(6-11(16-12)17-13)14-9(2)7-18(3)4/h6,9H,5,7-8,13H2,1-4H3,(H2,14,15,16,17). The van der Waals surface area contributed by atoms with Gasteiger partial charge in [0.25, 0.3) is 0 Å². The Balaban J connectivity index is 2.75. The molecule has 0 aliphatic rings. The van der Waals surface area contributed by atoms with Crippen LogP contribution in [0.2, 0.25) is 0 Å². The number of nitrogens with zero attached hydrogens (tertiary/aromatic N) is 3. The number of hydrogen-bond acceptors (Lipinski definition) is 7. The molecule has 0 radical (unpaired) electrons. The van der Waals surface area contributed by atoms with Crippen LogP contribution >= 0.6 is 0 Å². The van der Waals surface area contributed by atoms with E-state index in [-0.39, 0.29) is 6.04 Å². The largest absolute Gasteiger partial charge is 0.374 e. The maximum atomic E-state index is 5.41. The monoisotopic (exact) mass is 268 g/mol. The summed E-state index contributed by atoms with van der Waals surface area (Å²) in [5.74, 6) is 7.33. The minimum Gasteiger partial charge on any atom is -0.374 e. The maximum Gasteiger partial charge on any atom is 0.158 e.